The van der Waals surface area contributed by atoms with Crippen LogP contribution in [-0.4, -0.2) is 55.9 Å². The Kier molecular flexibility index (Phi) is 4.98. The van der Waals surface area contributed by atoms with Gasteiger partial charge in [0.15, 0.2) is 0 Å². The van der Waals surface area contributed by atoms with Crippen molar-refractivity contribution in [2.24, 2.45) is 7.05 Å². The van der Waals surface area contributed by atoms with E-state index in [1.54, 1.807) is 21.1 Å². The number of sulfonamides is 1. The minimum atomic E-state index is -3.64. The molecule has 2 rings (SSSR count). The van der Waals surface area contributed by atoms with Crippen molar-refractivity contribution >= 4 is 21.7 Å². The number of hydrogen-bond donors (Lipinski definition) is 0. The first-order valence-electron chi connectivity index (χ1n) is 7.39. The number of benzene rings is 1. The highest BCUT2D eigenvalue weighted by Gasteiger charge is 2.28. The average molecular weight is 350 g/mol. The summed E-state index contributed by atoms with van der Waals surface area (Å²) in [5, 5.41) is 4.45. The number of nitrogens with zero attached hydrogens (tertiary/aromatic N) is 4. The van der Waals surface area contributed by atoms with Crippen LogP contribution in [-0.2, 0) is 21.9 Å². The molecule has 1 aromatic heterocycles. The lowest BCUT2D eigenvalue weighted by molar-refractivity contribution is -0.127. The van der Waals surface area contributed by atoms with E-state index in [9.17, 15) is 13.2 Å². The lowest BCUT2D eigenvalue weighted by Gasteiger charge is -2.24. The molecule has 0 unspecified atom stereocenters. The van der Waals surface area contributed by atoms with Crippen molar-refractivity contribution in [3.8, 4) is 11.3 Å². The highest BCUT2D eigenvalue weighted by Crippen LogP contribution is 2.31. The molecule has 0 spiro atoms. The fourth-order valence-electron chi connectivity index (χ4n) is 2.45. The van der Waals surface area contributed by atoms with Gasteiger partial charge in [-0.05, 0) is 6.92 Å². The van der Waals surface area contributed by atoms with Gasteiger partial charge in [-0.15, -0.1) is 0 Å². The molecule has 7 nitrogen and oxygen atoms in total. The van der Waals surface area contributed by atoms with E-state index in [2.05, 4.69) is 5.10 Å². The molecule has 0 aliphatic heterocycles. The molecule has 0 bridgehead atoms. The fourth-order valence-corrected chi connectivity index (χ4v) is 3.37. The molecule has 0 radical (unpaired) electrons. The van der Waals surface area contributed by atoms with Gasteiger partial charge in [-0.3, -0.25) is 9.48 Å². The van der Waals surface area contributed by atoms with Crippen LogP contribution in [0.15, 0.2) is 30.3 Å². The van der Waals surface area contributed by atoms with E-state index in [-0.39, 0.29) is 12.5 Å². The summed E-state index contributed by atoms with van der Waals surface area (Å²) in [4.78, 5) is 13.4. The minimum Gasteiger partial charge on any atom is -0.347 e. The molecular weight excluding hydrogens is 328 g/mol. The van der Waals surface area contributed by atoms with Crippen molar-refractivity contribution in [3.63, 3.8) is 0 Å². The Labute approximate surface area is 142 Å². The van der Waals surface area contributed by atoms with Crippen molar-refractivity contribution in [2.75, 3.05) is 31.2 Å². The fraction of sp³-hybridized carbons (Fsp3) is 0.375. The van der Waals surface area contributed by atoms with Crippen LogP contribution in [0.25, 0.3) is 11.3 Å². The topological polar surface area (TPSA) is 75.5 Å². The highest BCUT2D eigenvalue weighted by atomic mass is 32.2. The van der Waals surface area contributed by atoms with Gasteiger partial charge in [0.2, 0.25) is 15.9 Å². The largest absolute Gasteiger partial charge is 0.347 e. The third-order valence-corrected chi connectivity index (χ3v) is 4.81. The Morgan fingerprint density at radius 3 is 2.29 bits per heavy atom. The molecule has 1 heterocycles. The maximum Gasteiger partial charge on any atom is 0.242 e. The van der Waals surface area contributed by atoms with Crippen LogP contribution < -0.4 is 4.31 Å². The van der Waals surface area contributed by atoms with E-state index in [1.165, 1.54) is 9.58 Å². The van der Waals surface area contributed by atoms with E-state index < -0.39 is 10.0 Å². The van der Waals surface area contributed by atoms with Crippen LogP contribution in [0.5, 0.6) is 0 Å². The Morgan fingerprint density at radius 1 is 1.21 bits per heavy atom. The van der Waals surface area contributed by atoms with E-state index in [0.29, 0.717) is 17.1 Å². The van der Waals surface area contributed by atoms with Gasteiger partial charge in [-0.25, -0.2) is 12.7 Å². The predicted molar refractivity (Wildman–Crippen MR) is 94.3 cm³/mol. The molecule has 2 aromatic rings. The van der Waals surface area contributed by atoms with Gasteiger partial charge in [-0.1, -0.05) is 30.3 Å². The average Bonchev–Trinajstić information content (AvgIpc) is 2.79. The van der Waals surface area contributed by atoms with Gasteiger partial charge in [0.05, 0.1) is 11.9 Å². The molecule has 130 valence electrons. The number of aryl methyl sites for hydroxylation is 1. The third kappa shape index (κ3) is 3.59. The molecule has 0 N–H and O–H groups in total. The van der Waals surface area contributed by atoms with Gasteiger partial charge in [0.25, 0.3) is 0 Å². The van der Waals surface area contributed by atoms with Gasteiger partial charge in [0.1, 0.15) is 12.4 Å². The Balaban J connectivity index is 2.56. The standard InChI is InChI=1S/C16H22N4O3S/c1-12-15(13-9-7-6-8-10-13)17-19(4)16(12)20(24(5,22)23)11-14(21)18(2)3/h6-10H,11H2,1-5H3. The van der Waals surface area contributed by atoms with Crippen molar-refractivity contribution in [2.45, 2.75) is 6.92 Å². The van der Waals surface area contributed by atoms with Gasteiger partial charge in [0, 0.05) is 32.3 Å². The number of aromatic nitrogens is 2. The van der Waals surface area contributed by atoms with E-state index >= 15 is 0 Å². The maximum absolute atomic E-state index is 12.3. The van der Waals surface area contributed by atoms with E-state index in [1.807, 2.05) is 37.3 Å². The Bertz CT molecular complexity index is 842. The molecule has 1 amide bonds. The van der Waals surface area contributed by atoms with E-state index in [0.717, 1.165) is 16.1 Å². The summed E-state index contributed by atoms with van der Waals surface area (Å²) in [5.74, 6) is 0.0915. The number of anilines is 1. The normalized spacial score (nSPS) is 11.4. The Morgan fingerprint density at radius 2 is 1.79 bits per heavy atom. The summed E-state index contributed by atoms with van der Waals surface area (Å²) in [6.45, 7) is 1.55. The summed E-state index contributed by atoms with van der Waals surface area (Å²) in [7, 11) is 1.22. The van der Waals surface area contributed by atoms with Gasteiger partial charge >= 0.3 is 0 Å². The van der Waals surface area contributed by atoms with Crippen LogP contribution in [0.2, 0.25) is 0 Å². The summed E-state index contributed by atoms with van der Waals surface area (Å²) in [6.07, 6.45) is 1.09. The molecule has 1 aromatic carbocycles. The van der Waals surface area contributed by atoms with Crippen LogP contribution in [0.1, 0.15) is 5.56 Å². The lowest BCUT2D eigenvalue weighted by Crippen LogP contribution is -2.41. The monoisotopic (exact) mass is 350 g/mol. The molecule has 0 fully saturated rings. The first-order chi connectivity index (χ1) is 11.1. The van der Waals surface area contributed by atoms with Gasteiger partial charge in [-0.2, -0.15) is 5.10 Å². The second-order valence-electron chi connectivity index (χ2n) is 5.84. The third-order valence-electron chi connectivity index (χ3n) is 3.71. The second kappa shape index (κ2) is 6.64. The summed E-state index contributed by atoms with van der Waals surface area (Å²) in [6, 6.07) is 9.52. The van der Waals surface area contributed by atoms with Crippen molar-refractivity contribution in [3.05, 3.63) is 35.9 Å². The lowest BCUT2D eigenvalue weighted by atomic mass is 10.1. The van der Waals surface area contributed by atoms with Crippen LogP contribution in [0, 0.1) is 6.92 Å². The highest BCUT2D eigenvalue weighted by molar-refractivity contribution is 7.92. The minimum absolute atomic E-state index is 0.263. The van der Waals surface area contributed by atoms with Crippen molar-refractivity contribution in [1.82, 2.24) is 14.7 Å². The zero-order valence-corrected chi connectivity index (χ0v) is 15.3. The predicted octanol–water partition coefficient (Wildman–Crippen LogP) is 1.25. The molecule has 0 aliphatic rings. The molecule has 0 saturated heterocycles. The molecular formula is C16H22N4O3S. The number of hydrogen-bond acceptors (Lipinski definition) is 4. The summed E-state index contributed by atoms with van der Waals surface area (Å²) < 4.78 is 27.1. The van der Waals surface area contributed by atoms with E-state index in [4.69, 9.17) is 0 Å². The summed E-state index contributed by atoms with van der Waals surface area (Å²) >= 11 is 0. The number of carbonyl (C=O) groups is 1. The number of amides is 1. The number of likely N-dealkylation sites (N-methyl/N-ethyl adjacent to an activating group) is 1. The van der Waals surface area contributed by atoms with Gasteiger partial charge < -0.3 is 4.90 Å². The maximum atomic E-state index is 12.3. The second-order valence-corrected chi connectivity index (χ2v) is 7.75. The van der Waals surface area contributed by atoms with Crippen LogP contribution >= 0.6 is 0 Å². The summed E-state index contributed by atoms with van der Waals surface area (Å²) in [5.41, 5.74) is 2.30. The number of rotatable bonds is 5. The molecule has 0 atom stereocenters. The first-order valence-corrected chi connectivity index (χ1v) is 9.24. The Hall–Kier alpha value is -2.35. The molecule has 24 heavy (non-hydrogen) atoms. The zero-order valence-electron chi connectivity index (χ0n) is 14.5. The molecule has 0 saturated carbocycles. The quantitative estimate of drug-likeness (QED) is 0.813. The SMILES string of the molecule is Cc1c(-c2ccccc2)nn(C)c1N(CC(=O)N(C)C)S(C)(=O)=O. The number of carbonyl (C=O) groups excluding carboxylic acids is 1. The zero-order chi connectivity index (χ0) is 18.1. The van der Waals surface area contributed by atoms with Crippen LogP contribution in [0.3, 0.4) is 0 Å². The van der Waals surface area contributed by atoms with Crippen LogP contribution in [0.4, 0.5) is 5.82 Å². The molecule has 0 aliphatic carbocycles. The smallest absolute Gasteiger partial charge is 0.242 e. The first kappa shape index (κ1) is 18.0. The van der Waals surface area contributed by atoms with Crippen molar-refractivity contribution in [1.29, 1.82) is 0 Å². The van der Waals surface area contributed by atoms with Crippen molar-refractivity contribution < 1.29 is 13.2 Å². The molecule has 8 heteroatoms.